The fourth-order valence-electron chi connectivity index (χ4n) is 3.74. The van der Waals surface area contributed by atoms with Crippen LogP contribution in [0.2, 0.25) is 0 Å². The Hall–Kier alpha value is -0.170. The molecule has 6 heteroatoms. The van der Waals surface area contributed by atoms with Crippen molar-refractivity contribution in [1.82, 2.24) is 8.61 Å². The number of hydrogen-bond donors (Lipinski definition) is 1. The van der Waals surface area contributed by atoms with E-state index >= 15 is 0 Å². The van der Waals surface area contributed by atoms with E-state index in [9.17, 15) is 13.5 Å². The number of nitrogens with zero attached hydrogens (tertiary/aromatic N) is 2. The SMILES string of the molecule is O=S(=O)(N1CCCC1)N1CCC[C@](CO)(CC2CC2)C1. The molecule has 1 N–H and O–H groups in total. The lowest BCUT2D eigenvalue weighted by molar-refractivity contribution is 0.0495. The molecule has 3 fully saturated rings. The van der Waals surface area contributed by atoms with E-state index in [2.05, 4.69) is 0 Å². The van der Waals surface area contributed by atoms with E-state index in [1.165, 1.54) is 12.8 Å². The van der Waals surface area contributed by atoms with Crippen molar-refractivity contribution in [2.45, 2.75) is 44.9 Å². The first-order valence-corrected chi connectivity index (χ1v) is 9.32. The summed E-state index contributed by atoms with van der Waals surface area (Å²) >= 11 is 0. The van der Waals surface area contributed by atoms with Gasteiger partial charge < -0.3 is 5.11 Å². The van der Waals surface area contributed by atoms with Crippen molar-refractivity contribution in [2.24, 2.45) is 11.3 Å². The molecule has 1 aliphatic carbocycles. The predicted octanol–water partition coefficient (Wildman–Crippen LogP) is 1.20. The molecule has 0 bridgehead atoms. The second-order valence-electron chi connectivity index (χ2n) is 6.86. The van der Waals surface area contributed by atoms with Gasteiger partial charge in [-0.25, -0.2) is 0 Å². The number of aliphatic hydroxyl groups excluding tert-OH is 1. The average Bonchev–Trinajstić information content (AvgIpc) is 3.08. The Morgan fingerprint density at radius 2 is 1.70 bits per heavy atom. The van der Waals surface area contributed by atoms with Crippen molar-refractivity contribution in [2.75, 3.05) is 32.8 Å². The fourth-order valence-corrected chi connectivity index (χ4v) is 5.58. The molecule has 3 aliphatic rings. The summed E-state index contributed by atoms with van der Waals surface area (Å²) in [6.07, 6.45) is 7.28. The van der Waals surface area contributed by atoms with Gasteiger partial charge in [0.05, 0.1) is 0 Å². The maximum Gasteiger partial charge on any atom is 0.281 e. The summed E-state index contributed by atoms with van der Waals surface area (Å²) in [5.41, 5.74) is -0.188. The van der Waals surface area contributed by atoms with Crippen LogP contribution < -0.4 is 0 Å². The molecule has 20 heavy (non-hydrogen) atoms. The van der Waals surface area contributed by atoms with Crippen LogP contribution in [0.25, 0.3) is 0 Å². The molecule has 116 valence electrons. The van der Waals surface area contributed by atoms with Crippen LogP contribution in [0, 0.1) is 11.3 Å². The van der Waals surface area contributed by atoms with Crippen molar-refractivity contribution in [3.8, 4) is 0 Å². The molecule has 0 radical (unpaired) electrons. The second kappa shape index (κ2) is 5.55. The molecule has 2 aliphatic heterocycles. The van der Waals surface area contributed by atoms with Gasteiger partial charge in [-0.15, -0.1) is 0 Å². The molecule has 2 saturated heterocycles. The third-order valence-electron chi connectivity index (χ3n) is 5.10. The molecular formula is C14H26N2O3S. The van der Waals surface area contributed by atoms with Crippen molar-refractivity contribution in [3.05, 3.63) is 0 Å². The second-order valence-corrected chi connectivity index (χ2v) is 8.79. The first-order valence-electron chi connectivity index (χ1n) is 7.92. The monoisotopic (exact) mass is 302 g/mol. The van der Waals surface area contributed by atoms with Gasteiger partial charge >= 0.3 is 0 Å². The maximum absolute atomic E-state index is 12.7. The highest BCUT2D eigenvalue weighted by atomic mass is 32.2. The molecule has 3 rings (SSSR count). The maximum atomic E-state index is 12.7. The van der Waals surface area contributed by atoms with Gasteiger partial charge in [-0.3, -0.25) is 0 Å². The smallest absolute Gasteiger partial charge is 0.281 e. The van der Waals surface area contributed by atoms with Crippen LogP contribution in [0.4, 0.5) is 0 Å². The average molecular weight is 302 g/mol. The van der Waals surface area contributed by atoms with Crippen molar-refractivity contribution >= 4 is 10.2 Å². The summed E-state index contributed by atoms with van der Waals surface area (Å²) < 4.78 is 28.6. The minimum atomic E-state index is -3.30. The quantitative estimate of drug-likeness (QED) is 0.830. The Balaban J connectivity index is 1.72. The van der Waals surface area contributed by atoms with Crippen molar-refractivity contribution in [1.29, 1.82) is 0 Å². The Morgan fingerprint density at radius 3 is 2.30 bits per heavy atom. The zero-order valence-electron chi connectivity index (χ0n) is 12.1. The van der Waals surface area contributed by atoms with Gasteiger partial charge in [0.15, 0.2) is 0 Å². The lowest BCUT2D eigenvalue weighted by Gasteiger charge is -2.42. The highest BCUT2D eigenvalue weighted by Gasteiger charge is 2.44. The summed E-state index contributed by atoms with van der Waals surface area (Å²) in [5, 5.41) is 9.83. The Morgan fingerprint density at radius 1 is 1.05 bits per heavy atom. The Kier molecular flexibility index (Phi) is 4.10. The number of aliphatic hydroxyl groups is 1. The molecule has 0 unspecified atom stereocenters. The van der Waals surface area contributed by atoms with Gasteiger partial charge in [-0.05, 0) is 38.0 Å². The molecule has 1 saturated carbocycles. The molecule has 2 heterocycles. The molecule has 0 aromatic carbocycles. The first-order chi connectivity index (χ1) is 9.56. The summed E-state index contributed by atoms with van der Waals surface area (Å²) in [6, 6.07) is 0. The third-order valence-corrected chi connectivity index (χ3v) is 7.08. The van der Waals surface area contributed by atoms with Crippen LogP contribution >= 0.6 is 0 Å². The van der Waals surface area contributed by atoms with Crippen LogP contribution in [-0.2, 0) is 10.2 Å². The minimum absolute atomic E-state index is 0.121. The van der Waals surface area contributed by atoms with Gasteiger partial charge in [0, 0.05) is 38.2 Å². The van der Waals surface area contributed by atoms with E-state index in [0.717, 1.165) is 38.0 Å². The highest BCUT2D eigenvalue weighted by molar-refractivity contribution is 7.86. The minimum Gasteiger partial charge on any atom is -0.396 e. The first kappa shape index (κ1) is 14.8. The summed E-state index contributed by atoms with van der Waals surface area (Å²) in [5.74, 6) is 0.719. The lowest BCUT2D eigenvalue weighted by Crippen LogP contribution is -2.52. The van der Waals surface area contributed by atoms with Gasteiger partial charge in [0.25, 0.3) is 10.2 Å². The van der Waals surface area contributed by atoms with E-state index in [4.69, 9.17) is 0 Å². The molecule has 0 spiro atoms. The lowest BCUT2D eigenvalue weighted by atomic mass is 9.77. The van der Waals surface area contributed by atoms with Crippen LogP contribution in [0.3, 0.4) is 0 Å². The fraction of sp³-hybridized carbons (Fsp3) is 1.00. The van der Waals surface area contributed by atoms with Crippen LogP contribution in [0.1, 0.15) is 44.9 Å². The van der Waals surface area contributed by atoms with Crippen LogP contribution in [-0.4, -0.2) is 54.9 Å². The molecule has 1 atom stereocenters. The van der Waals surface area contributed by atoms with Crippen molar-refractivity contribution < 1.29 is 13.5 Å². The number of hydrogen-bond acceptors (Lipinski definition) is 3. The van der Waals surface area contributed by atoms with Gasteiger partial charge in [0.1, 0.15) is 0 Å². The topological polar surface area (TPSA) is 60.9 Å². The van der Waals surface area contributed by atoms with E-state index in [1.807, 2.05) is 0 Å². The normalized spacial score (nSPS) is 33.6. The van der Waals surface area contributed by atoms with E-state index < -0.39 is 10.2 Å². The van der Waals surface area contributed by atoms with E-state index in [0.29, 0.717) is 26.2 Å². The Bertz CT molecular complexity index is 443. The van der Waals surface area contributed by atoms with Crippen LogP contribution in [0.15, 0.2) is 0 Å². The molecule has 0 aromatic rings. The van der Waals surface area contributed by atoms with Gasteiger partial charge in [-0.2, -0.15) is 17.0 Å². The van der Waals surface area contributed by atoms with Crippen LogP contribution in [0.5, 0.6) is 0 Å². The molecule has 5 nitrogen and oxygen atoms in total. The largest absolute Gasteiger partial charge is 0.396 e. The molecule has 0 aromatic heterocycles. The highest BCUT2D eigenvalue weighted by Crippen LogP contribution is 2.45. The zero-order chi connectivity index (χ0) is 14.2. The summed E-state index contributed by atoms with van der Waals surface area (Å²) in [6.45, 7) is 2.57. The third kappa shape index (κ3) is 2.89. The molecular weight excluding hydrogens is 276 g/mol. The standard InChI is InChI=1S/C14H26N2O3S/c17-12-14(10-13-4-5-13)6-3-9-16(11-14)20(18,19)15-7-1-2-8-15/h13,17H,1-12H2/t14-/m0/s1. The number of rotatable bonds is 5. The Labute approximate surface area is 122 Å². The van der Waals surface area contributed by atoms with E-state index in [-0.39, 0.29) is 12.0 Å². The van der Waals surface area contributed by atoms with E-state index in [1.54, 1.807) is 8.61 Å². The number of piperidine rings is 1. The van der Waals surface area contributed by atoms with Gasteiger partial charge in [0.2, 0.25) is 0 Å². The molecule has 0 amide bonds. The van der Waals surface area contributed by atoms with Gasteiger partial charge in [-0.1, -0.05) is 12.8 Å². The van der Waals surface area contributed by atoms with Crippen molar-refractivity contribution in [3.63, 3.8) is 0 Å². The predicted molar refractivity (Wildman–Crippen MR) is 77.4 cm³/mol. The summed E-state index contributed by atoms with van der Waals surface area (Å²) in [7, 11) is -3.30. The summed E-state index contributed by atoms with van der Waals surface area (Å²) in [4.78, 5) is 0. The zero-order valence-corrected chi connectivity index (χ0v) is 12.9.